The highest BCUT2D eigenvalue weighted by atomic mass is 19.1. The van der Waals surface area contributed by atoms with Gasteiger partial charge >= 0.3 is 5.97 Å². The van der Waals surface area contributed by atoms with E-state index in [1.165, 1.54) is 6.07 Å². The van der Waals surface area contributed by atoms with Crippen LogP contribution in [0.25, 0.3) is 16.8 Å². The fourth-order valence-corrected chi connectivity index (χ4v) is 3.06. The molecule has 0 radical (unpaired) electrons. The molecule has 0 saturated carbocycles. The van der Waals surface area contributed by atoms with Crippen LogP contribution in [0.5, 0.6) is 5.75 Å². The van der Waals surface area contributed by atoms with E-state index in [9.17, 15) is 9.18 Å². The maximum absolute atomic E-state index is 14.0. The van der Waals surface area contributed by atoms with E-state index in [-0.39, 0.29) is 18.8 Å². The van der Waals surface area contributed by atoms with E-state index in [1.807, 2.05) is 43.3 Å². The first-order chi connectivity index (χ1) is 15.1. The molecule has 3 rings (SSSR count). The molecule has 0 saturated heterocycles. The lowest BCUT2D eigenvalue weighted by atomic mass is 10.0. The van der Waals surface area contributed by atoms with Crippen molar-refractivity contribution < 1.29 is 23.9 Å². The number of rotatable bonds is 10. The number of ether oxygens (including phenoxy) is 1. The second-order valence-electron chi connectivity index (χ2n) is 6.78. The Bertz CT molecular complexity index is 1050. The van der Waals surface area contributed by atoms with Crippen molar-refractivity contribution in [3.63, 3.8) is 0 Å². The van der Waals surface area contributed by atoms with Crippen LogP contribution in [-0.4, -0.2) is 24.3 Å². The van der Waals surface area contributed by atoms with Gasteiger partial charge in [-0.2, -0.15) is 0 Å². The zero-order valence-corrected chi connectivity index (χ0v) is 17.2. The van der Waals surface area contributed by atoms with Crippen molar-refractivity contribution >= 4 is 11.7 Å². The number of carboxylic acid groups (broad SMARTS) is 1. The van der Waals surface area contributed by atoms with Gasteiger partial charge in [-0.15, -0.1) is 0 Å². The molecule has 3 aromatic rings. The van der Waals surface area contributed by atoms with Gasteiger partial charge in [0.2, 0.25) is 0 Å². The van der Waals surface area contributed by atoms with Gasteiger partial charge in [-0.1, -0.05) is 60.7 Å². The first kappa shape index (κ1) is 22.1. The Morgan fingerprint density at radius 2 is 1.81 bits per heavy atom. The molecule has 0 aliphatic carbocycles. The summed E-state index contributed by atoms with van der Waals surface area (Å²) < 4.78 is 19.6. The van der Waals surface area contributed by atoms with E-state index in [0.717, 1.165) is 16.8 Å². The Balaban J connectivity index is 1.49. The molecule has 31 heavy (non-hydrogen) atoms. The van der Waals surface area contributed by atoms with E-state index in [2.05, 4.69) is 5.48 Å². The minimum atomic E-state index is -0.884. The molecule has 0 fully saturated rings. The summed E-state index contributed by atoms with van der Waals surface area (Å²) in [6.45, 7) is 2.47. The molecule has 6 heteroatoms. The zero-order valence-electron chi connectivity index (χ0n) is 17.2. The summed E-state index contributed by atoms with van der Waals surface area (Å²) in [6.07, 6.45) is 1.84. The van der Waals surface area contributed by atoms with Crippen molar-refractivity contribution in [3.05, 3.63) is 95.8 Å². The van der Waals surface area contributed by atoms with Gasteiger partial charge in [0.15, 0.2) is 0 Å². The summed E-state index contributed by atoms with van der Waals surface area (Å²) in [5.74, 6) is -0.542. The number of hydroxylamine groups is 1. The largest absolute Gasteiger partial charge is 0.491 e. The highest BCUT2D eigenvalue weighted by molar-refractivity contribution is 5.70. The van der Waals surface area contributed by atoms with Crippen LogP contribution in [0.1, 0.15) is 18.1 Å². The Morgan fingerprint density at radius 1 is 1.03 bits per heavy atom. The van der Waals surface area contributed by atoms with Gasteiger partial charge in [0.05, 0.1) is 12.1 Å². The van der Waals surface area contributed by atoms with Crippen molar-refractivity contribution in [3.8, 4) is 16.9 Å². The average Bonchev–Trinajstić information content (AvgIpc) is 2.77. The molecule has 0 amide bonds. The number of aliphatic carboxylic acids is 1. The summed E-state index contributed by atoms with van der Waals surface area (Å²) >= 11 is 0. The molecule has 160 valence electrons. The third kappa shape index (κ3) is 6.42. The number of benzene rings is 3. The molecule has 0 bridgehead atoms. The SMILES string of the molecule is CC=C(NOCCOc1cccc(CC(=O)O)c1)c1ccc(-c2ccccc2F)cc1. The molecule has 2 N–H and O–H groups in total. The number of halogens is 1. The third-order valence-electron chi connectivity index (χ3n) is 4.56. The van der Waals surface area contributed by atoms with Crippen molar-refractivity contribution in [1.29, 1.82) is 0 Å². The predicted octanol–water partition coefficient (Wildman–Crippen LogP) is 5.08. The smallest absolute Gasteiger partial charge is 0.307 e. The van der Waals surface area contributed by atoms with Crippen LogP contribution in [0, 0.1) is 5.82 Å². The van der Waals surface area contributed by atoms with E-state index < -0.39 is 5.97 Å². The van der Waals surface area contributed by atoms with Crippen LogP contribution in [0.15, 0.2) is 78.9 Å². The predicted molar refractivity (Wildman–Crippen MR) is 118 cm³/mol. The van der Waals surface area contributed by atoms with Gasteiger partial charge < -0.3 is 9.84 Å². The molecule has 5 nitrogen and oxygen atoms in total. The van der Waals surface area contributed by atoms with Crippen LogP contribution in [-0.2, 0) is 16.1 Å². The minimum absolute atomic E-state index is 0.0460. The Labute approximate surface area is 180 Å². The molecule has 0 heterocycles. The van der Waals surface area contributed by atoms with E-state index in [0.29, 0.717) is 23.5 Å². The zero-order chi connectivity index (χ0) is 22.1. The average molecular weight is 421 g/mol. The highest BCUT2D eigenvalue weighted by Crippen LogP contribution is 2.24. The van der Waals surface area contributed by atoms with Gasteiger partial charge in [0.1, 0.15) is 24.8 Å². The molecule has 0 aromatic heterocycles. The Hall–Kier alpha value is -3.64. The minimum Gasteiger partial charge on any atom is -0.491 e. The van der Waals surface area contributed by atoms with Gasteiger partial charge in [0, 0.05) is 5.56 Å². The molecule has 0 unspecified atom stereocenters. The second kappa shape index (κ2) is 10.9. The molecule has 0 atom stereocenters. The van der Waals surface area contributed by atoms with Crippen LogP contribution < -0.4 is 10.2 Å². The third-order valence-corrected chi connectivity index (χ3v) is 4.56. The maximum Gasteiger partial charge on any atom is 0.307 e. The topological polar surface area (TPSA) is 67.8 Å². The summed E-state index contributed by atoms with van der Waals surface area (Å²) in [5.41, 5.74) is 6.64. The summed E-state index contributed by atoms with van der Waals surface area (Å²) in [7, 11) is 0. The summed E-state index contributed by atoms with van der Waals surface area (Å²) in [4.78, 5) is 16.3. The van der Waals surface area contributed by atoms with E-state index in [1.54, 1.807) is 36.4 Å². The van der Waals surface area contributed by atoms with E-state index >= 15 is 0 Å². The number of hydrogen-bond acceptors (Lipinski definition) is 4. The maximum atomic E-state index is 14.0. The molecular formula is C25H24FNO4. The van der Waals surface area contributed by atoms with Crippen molar-refractivity contribution in [1.82, 2.24) is 5.48 Å². The summed E-state index contributed by atoms with van der Waals surface area (Å²) in [6, 6.07) is 21.2. The standard InChI is InChI=1S/C25H24FNO4/c1-2-24(20-12-10-19(11-13-20)22-8-3-4-9-23(22)26)27-31-15-14-30-21-7-5-6-18(16-21)17-25(28)29/h2-13,16,27H,14-15,17H2,1H3,(H,28,29). The van der Waals surface area contributed by atoms with Gasteiger partial charge in [0.25, 0.3) is 0 Å². The van der Waals surface area contributed by atoms with Crippen molar-refractivity contribution in [2.45, 2.75) is 13.3 Å². The first-order valence-corrected chi connectivity index (χ1v) is 9.90. The second-order valence-corrected chi connectivity index (χ2v) is 6.78. The summed E-state index contributed by atoms with van der Waals surface area (Å²) in [5, 5.41) is 8.87. The number of nitrogens with one attached hydrogen (secondary N) is 1. The highest BCUT2D eigenvalue weighted by Gasteiger charge is 2.06. The van der Waals surface area contributed by atoms with Gasteiger partial charge in [-0.25, -0.2) is 4.39 Å². The number of allylic oxidation sites excluding steroid dienone is 1. The lowest BCUT2D eigenvalue weighted by molar-refractivity contribution is -0.136. The van der Waals surface area contributed by atoms with Gasteiger partial charge in [-0.05, 0) is 41.8 Å². The molecule has 0 spiro atoms. The number of carbonyl (C=O) groups is 1. The number of carboxylic acids is 1. The normalized spacial score (nSPS) is 11.2. The van der Waals surface area contributed by atoms with E-state index in [4.69, 9.17) is 14.7 Å². The monoisotopic (exact) mass is 421 g/mol. The number of hydrogen-bond donors (Lipinski definition) is 2. The molecular weight excluding hydrogens is 397 g/mol. The first-order valence-electron chi connectivity index (χ1n) is 9.90. The molecule has 0 aliphatic rings. The lowest BCUT2D eigenvalue weighted by Gasteiger charge is -2.13. The fraction of sp³-hybridized carbons (Fsp3) is 0.160. The lowest BCUT2D eigenvalue weighted by Crippen LogP contribution is -2.17. The van der Waals surface area contributed by atoms with Crippen LogP contribution in [0.2, 0.25) is 0 Å². The molecule has 0 aliphatic heterocycles. The Kier molecular flexibility index (Phi) is 7.79. The Morgan fingerprint density at radius 3 is 2.52 bits per heavy atom. The quantitative estimate of drug-likeness (QED) is 0.353. The van der Waals surface area contributed by atoms with Crippen molar-refractivity contribution in [2.75, 3.05) is 13.2 Å². The van der Waals surface area contributed by atoms with Crippen molar-refractivity contribution in [2.24, 2.45) is 0 Å². The van der Waals surface area contributed by atoms with Crippen LogP contribution in [0.3, 0.4) is 0 Å². The fourth-order valence-electron chi connectivity index (χ4n) is 3.06. The molecule has 3 aromatic carbocycles. The van der Waals surface area contributed by atoms with Crippen LogP contribution in [0.4, 0.5) is 4.39 Å². The van der Waals surface area contributed by atoms with Gasteiger partial charge in [-0.3, -0.25) is 15.1 Å². The van der Waals surface area contributed by atoms with Crippen LogP contribution >= 0.6 is 0 Å².